The predicted octanol–water partition coefficient (Wildman–Crippen LogP) is 6.10. The summed E-state index contributed by atoms with van der Waals surface area (Å²) in [5.41, 5.74) is -0.461. The topological polar surface area (TPSA) is 66.2 Å². The van der Waals surface area contributed by atoms with Crippen molar-refractivity contribution in [2.75, 3.05) is 50.8 Å². The first-order chi connectivity index (χ1) is 22.6. The van der Waals surface area contributed by atoms with Crippen LogP contribution in [-0.2, 0) is 4.79 Å². The van der Waals surface area contributed by atoms with Crippen molar-refractivity contribution in [3.05, 3.63) is 84.2 Å². The molecule has 4 heterocycles. The average Bonchev–Trinajstić information content (AvgIpc) is 3.55. The summed E-state index contributed by atoms with van der Waals surface area (Å²) in [6.07, 6.45) is 2.16. The fourth-order valence-corrected chi connectivity index (χ4v) is 7.55. The third-order valence-electron chi connectivity index (χ3n) is 9.67. The summed E-state index contributed by atoms with van der Waals surface area (Å²) in [6.45, 7) is 12.0. The Bertz CT molecular complexity index is 1940. The summed E-state index contributed by atoms with van der Waals surface area (Å²) in [5.74, 6) is -4.00. The van der Waals surface area contributed by atoms with E-state index in [1.165, 1.54) is 12.1 Å². The van der Waals surface area contributed by atoms with E-state index in [1.54, 1.807) is 52.3 Å². The number of rotatable bonds is 7. The quantitative estimate of drug-likeness (QED) is 0.138. The highest BCUT2D eigenvalue weighted by atomic mass is 19.3. The van der Waals surface area contributed by atoms with Gasteiger partial charge in [-0.1, -0.05) is 43.0 Å². The van der Waals surface area contributed by atoms with E-state index in [2.05, 4.69) is 21.4 Å². The minimum atomic E-state index is -2.84. The Kier molecular flexibility index (Phi) is 7.75. The number of ether oxygens (including phenoxy) is 1. The van der Waals surface area contributed by atoms with Crippen molar-refractivity contribution < 1.29 is 27.1 Å². The van der Waals surface area contributed by atoms with Gasteiger partial charge in [0.25, 0.3) is 5.92 Å². The van der Waals surface area contributed by atoms with Gasteiger partial charge in [0.1, 0.15) is 29.8 Å². The summed E-state index contributed by atoms with van der Waals surface area (Å²) in [7, 11) is 0. The Labute approximate surface area is 269 Å². The molecule has 1 aromatic heterocycles. The van der Waals surface area contributed by atoms with Crippen LogP contribution in [0.15, 0.2) is 61.2 Å². The smallest absolute Gasteiger partial charge is 0.319 e. The number of piperazine rings is 1. The second kappa shape index (κ2) is 11.8. The number of amides is 1. The van der Waals surface area contributed by atoms with Gasteiger partial charge in [0.2, 0.25) is 12.5 Å². The van der Waals surface area contributed by atoms with Crippen LogP contribution in [-0.4, -0.2) is 89.1 Å². The summed E-state index contributed by atoms with van der Waals surface area (Å²) >= 11 is 0. The number of aromatic nitrogens is 2. The van der Waals surface area contributed by atoms with Crippen molar-refractivity contribution in [1.29, 1.82) is 0 Å². The summed E-state index contributed by atoms with van der Waals surface area (Å²) in [6, 6.07) is 12.4. The standard InChI is InChI=1S/C35H32F4N6O2/c1-3-28(46)45-16-15-43(18-23(45)17-40-2)32-26-12-11-25(24-9-4-7-22-8-5-10-27(36)29(22)24)30(37)31(26)41-33(42-32)47-21-34-13-6-14-44(34)20-35(38,39)19-34/h3-5,7-12,23H,1,6,13-21H2/t23-,34-/m0/s1. The minimum absolute atomic E-state index is 0.0418. The molecule has 0 saturated carbocycles. The lowest BCUT2D eigenvalue weighted by atomic mass is 9.94. The van der Waals surface area contributed by atoms with E-state index in [9.17, 15) is 13.6 Å². The van der Waals surface area contributed by atoms with E-state index in [0.717, 1.165) is 6.42 Å². The highest BCUT2D eigenvalue weighted by Crippen LogP contribution is 2.46. The molecule has 0 spiro atoms. The number of nitrogens with zero attached hydrogens (tertiary/aromatic N) is 6. The van der Waals surface area contributed by atoms with Gasteiger partial charge in [-0.2, -0.15) is 9.97 Å². The van der Waals surface area contributed by atoms with Gasteiger partial charge >= 0.3 is 6.01 Å². The molecule has 0 radical (unpaired) electrons. The summed E-state index contributed by atoms with van der Waals surface area (Å²) < 4.78 is 66.9. The maximum absolute atomic E-state index is 16.7. The van der Waals surface area contributed by atoms with E-state index in [4.69, 9.17) is 11.3 Å². The molecule has 3 fully saturated rings. The molecule has 0 aliphatic carbocycles. The molecule has 0 bridgehead atoms. The SMILES string of the molecule is [C-]#[N+]C[C@H]1CN(c2nc(OC[C@@]34CCCN3CC(F)(F)C4)nc3c(F)c(-c4cccc5cccc(F)c45)ccc23)CCN1C(=O)C=C. The predicted molar refractivity (Wildman–Crippen MR) is 170 cm³/mol. The van der Waals surface area contributed by atoms with E-state index < -0.39 is 29.1 Å². The minimum Gasteiger partial charge on any atom is -0.461 e. The lowest BCUT2D eigenvalue weighted by Gasteiger charge is -2.39. The Morgan fingerprint density at radius 2 is 1.89 bits per heavy atom. The van der Waals surface area contributed by atoms with Crippen molar-refractivity contribution in [1.82, 2.24) is 19.8 Å². The normalized spacial score (nSPS) is 22.4. The summed E-state index contributed by atoms with van der Waals surface area (Å²) in [4.78, 5) is 30.4. The van der Waals surface area contributed by atoms with Gasteiger partial charge in [-0.15, -0.1) is 0 Å². The molecule has 8 nitrogen and oxygen atoms in total. The first-order valence-corrected chi connectivity index (χ1v) is 15.6. The molecule has 47 heavy (non-hydrogen) atoms. The Hall–Kier alpha value is -4.76. The zero-order chi connectivity index (χ0) is 32.9. The zero-order valence-electron chi connectivity index (χ0n) is 25.6. The lowest BCUT2D eigenvalue weighted by molar-refractivity contribution is -0.128. The third kappa shape index (κ3) is 5.42. The average molecular weight is 645 g/mol. The van der Waals surface area contributed by atoms with Crippen LogP contribution in [0.2, 0.25) is 0 Å². The number of hydrogen-bond donors (Lipinski definition) is 0. The van der Waals surface area contributed by atoms with Gasteiger partial charge in [-0.25, -0.2) is 24.1 Å². The Morgan fingerprint density at radius 1 is 1.09 bits per heavy atom. The van der Waals surface area contributed by atoms with Crippen LogP contribution in [0.5, 0.6) is 6.01 Å². The molecule has 2 atom stereocenters. The zero-order valence-corrected chi connectivity index (χ0v) is 25.6. The van der Waals surface area contributed by atoms with Gasteiger partial charge in [-0.05, 0) is 48.5 Å². The maximum atomic E-state index is 16.7. The van der Waals surface area contributed by atoms with Gasteiger partial charge in [0.15, 0.2) is 5.82 Å². The van der Waals surface area contributed by atoms with E-state index in [1.807, 2.05) is 4.90 Å². The van der Waals surface area contributed by atoms with Crippen molar-refractivity contribution >= 4 is 33.4 Å². The van der Waals surface area contributed by atoms with Crippen LogP contribution in [0.4, 0.5) is 23.4 Å². The van der Waals surface area contributed by atoms with Crippen molar-refractivity contribution in [3.63, 3.8) is 0 Å². The van der Waals surface area contributed by atoms with Gasteiger partial charge in [0, 0.05) is 42.4 Å². The molecule has 3 aliphatic rings. The molecule has 3 aromatic carbocycles. The van der Waals surface area contributed by atoms with Crippen LogP contribution in [0, 0.1) is 18.2 Å². The number of fused-ring (bicyclic) bond motifs is 3. The van der Waals surface area contributed by atoms with Crippen LogP contribution in [0.1, 0.15) is 19.3 Å². The number of carbonyl (C=O) groups excluding carboxylic acids is 1. The van der Waals surface area contributed by atoms with Gasteiger partial charge in [-0.3, -0.25) is 9.69 Å². The molecule has 3 saturated heterocycles. The number of alkyl halides is 2. The van der Waals surface area contributed by atoms with Crippen LogP contribution in [0.25, 0.3) is 37.6 Å². The van der Waals surface area contributed by atoms with Gasteiger partial charge < -0.3 is 19.4 Å². The van der Waals surface area contributed by atoms with Crippen LogP contribution in [0.3, 0.4) is 0 Å². The van der Waals surface area contributed by atoms with Crippen molar-refractivity contribution in [3.8, 4) is 17.1 Å². The van der Waals surface area contributed by atoms with Crippen LogP contribution < -0.4 is 9.64 Å². The van der Waals surface area contributed by atoms with Gasteiger partial charge in [0.05, 0.1) is 12.1 Å². The first-order valence-electron chi connectivity index (χ1n) is 15.6. The van der Waals surface area contributed by atoms with Crippen molar-refractivity contribution in [2.24, 2.45) is 0 Å². The monoisotopic (exact) mass is 644 g/mol. The highest BCUT2D eigenvalue weighted by Gasteiger charge is 2.57. The fraction of sp³-hybridized carbons (Fsp3) is 0.371. The molecule has 1 amide bonds. The summed E-state index contributed by atoms with van der Waals surface area (Å²) in [5, 5.41) is 1.24. The van der Waals surface area contributed by atoms with E-state index in [-0.39, 0.29) is 67.6 Å². The molecule has 0 N–H and O–H groups in total. The maximum Gasteiger partial charge on any atom is 0.319 e. The molecule has 12 heteroatoms. The second-order valence-electron chi connectivity index (χ2n) is 12.5. The lowest BCUT2D eigenvalue weighted by Crippen LogP contribution is -2.56. The van der Waals surface area contributed by atoms with E-state index in [0.29, 0.717) is 41.7 Å². The number of hydrogen-bond acceptors (Lipinski definition) is 6. The molecular formula is C35H32F4N6O2. The molecule has 4 aromatic rings. The molecule has 3 aliphatic heterocycles. The first kappa shape index (κ1) is 30.9. The molecule has 242 valence electrons. The van der Waals surface area contributed by atoms with Crippen molar-refractivity contribution in [2.45, 2.75) is 36.8 Å². The Morgan fingerprint density at radius 3 is 2.68 bits per heavy atom. The van der Waals surface area contributed by atoms with E-state index >= 15 is 8.78 Å². The molecule has 0 unspecified atom stereocenters. The number of anilines is 1. The Balaban J connectivity index is 1.33. The molecule has 7 rings (SSSR count). The number of benzene rings is 3. The fourth-order valence-electron chi connectivity index (χ4n) is 7.55. The highest BCUT2D eigenvalue weighted by molar-refractivity contribution is 6.01. The second-order valence-corrected chi connectivity index (χ2v) is 12.5. The largest absolute Gasteiger partial charge is 0.461 e. The number of halogens is 4. The third-order valence-corrected chi connectivity index (χ3v) is 9.67. The number of carbonyl (C=O) groups is 1. The van der Waals surface area contributed by atoms with Crippen LogP contribution >= 0.6 is 0 Å². The molecular weight excluding hydrogens is 612 g/mol.